The van der Waals surface area contributed by atoms with E-state index in [-0.39, 0.29) is 11.9 Å². The number of carbonyl (C=O) groups is 1. The summed E-state index contributed by atoms with van der Waals surface area (Å²) in [7, 11) is 0. The molecule has 1 aromatic heterocycles. The highest BCUT2D eigenvalue weighted by Crippen LogP contribution is 2.26. The molecule has 154 valence electrons. The number of rotatable bonds is 5. The third-order valence-electron chi connectivity index (χ3n) is 5.36. The molecule has 0 bridgehead atoms. The number of carbonyl (C=O) groups excluding carboxylic acids is 1. The summed E-state index contributed by atoms with van der Waals surface area (Å²) in [6, 6.07) is 16.6. The summed E-state index contributed by atoms with van der Waals surface area (Å²) < 4.78 is 5.84. The molecule has 0 spiro atoms. The number of aryl methyl sites for hydroxylation is 2. The summed E-state index contributed by atoms with van der Waals surface area (Å²) >= 11 is 5.92. The fourth-order valence-electron chi connectivity index (χ4n) is 3.84. The smallest absolute Gasteiger partial charge is 0.251 e. The van der Waals surface area contributed by atoms with Gasteiger partial charge in [0.2, 0.25) is 0 Å². The number of nitrogen functional groups attached to an aromatic ring is 1. The molecule has 5 nitrogen and oxygen atoms in total. The van der Waals surface area contributed by atoms with Crippen LogP contribution in [0, 0.1) is 6.92 Å². The highest BCUT2D eigenvalue weighted by molar-refractivity contribution is 6.30. The predicted molar refractivity (Wildman–Crippen MR) is 119 cm³/mol. The van der Waals surface area contributed by atoms with Crippen LogP contribution in [-0.2, 0) is 19.4 Å². The van der Waals surface area contributed by atoms with Crippen LogP contribution in [0.15, 0.2) is 54.6 Å². The number of ether oxygens (including phenoxy) is 1. The third kappa shape index (κ3) is 4.57. The molecule has 0 fully saturated rings. The van der Waals surface area contributed by atoms with Crippen molar-refractivity contribution in [2.45, 2.75) is 38.8 Å². The monoisotopic (exact) mass is 421 g/mol. The van der Waals surface area contributed by atoms with E-state index in [4.69, 9.17) is 22.1 Å². The largest absolute Gasteiger partial charge is 0.489 e. The van der Waals surface area contributed by atoms with Crippen molar-refractivity contribution in [3.05, 3.63) is 87.7 Å². The fourth-order valence-corrected chi connectivity index (χ4v) is 3.97. The third-order valence-corrected chi connectivity index (χ3v) is 5.61. The Hall–Kier alpha value is -3.05. The normalized spacial score (nSPS) is 15.3. The Bertz CT molecular complexity index is 1070. The number of pyridine rings is 1. The van der Waals surface area contributed by atoms with Gasteiger partial charge in [-0.1, -0.05) is 29.8 Å². The van der Waals surface area contributed by atoms with Crippen molar-refractivity contribution in [3.63, 3.8) is 0 Å². The second kappa shape index (κ2) is 8.76. The van der Waals surface area contributed by atoms with E-state index in [0.29, 0.717) is 29.4 Å². The van der Waals surface area contributed by atoms with Gasteiger partial charge in [0.25, 0.3) is 5.91 Å². The number of aromatic nitrogens is 1. The molecule has 1 aliphatic carbocycles. The van der Waals surface area contributed by atoms with Gasteiger partial charge >= 0.3 is 0 Å². The van der Waals surface area contributed by atoms with Crippen molar-refractivity contribution in [1.82, 2.24) is 10.3 Å². The van der Waals surface area contributed by atoms with Crippen molar-refractivity contribution < 1.29 is 9.53 Å². The van der Waals surface area contributed by atoms with Crippen LogP contribution in [0.25, 0.3) is 0 Å². The molecular weight excluding hydrogens is 398 g/mol. The molecule has 0 radical (unpaired) electrons. The van der Waals surface area contributed by atoms with Crippen molar-refractivity contribution in [2.75, 3.05) is 5.73 Å². The molecule has 2 aromatic carbocycles. The molecule has 0 aliphatic heterocycles. The van der Waals surface area contributed by atoms with Crippen LogP contribution < -0.4 is 15.8 Å². The van der Waals surface area contributed by atoms with Crippen molar-refractivity contribution in [2.24, 2.45) is 0 Å². The minimum absolute atomic E-state index is 0.0297. The Labute approximate surface area is 181 Å². The Morgan fingerprint density at radius 1 is 1.23 bits per heavy atom. The molecule has 4 rings (SSSR count). The molecular formula is C24H24ClN3O2. The molecule has 3 aromatic rings. The second-order valence-corrected chi connectivity index (χ2v) is 8.03. The molecule has 3 N–H and O–H groups in total. The zero-order valence-corrected chi connectivity index (χ0v) is 17.6. The van der Waals surface area contributed by atoms with Gasteiger partial charge in [0.05, 0.1) is 0 Å². The first-order chi connectivity index (χ1) is 14.5. The lowest BCUT2D eigenvalue weighted by Gasteiger charge is -2.26. The minimum atomic E-state index is -0.0996. The molecule has 1 heterocycles. The number of amides is 1. The van der Waals surface area contributed by atoms with E-state index in [1.54, 1.807) is 12.1 Å². The van der Waals surface area contributed by atoms with Gasteiger partial charge < -0.3 is 15.8 Å². The van der Waals surface area contributed by atoms with Crippen molar-refractivity contribution >= 4 is 23.2 Å². The van der Waals surface area contributed by atoms with Crippen LogP contribution in [0.1, 0.15) is 39.3 Å². The zero-order chi connectivity index (χ0) is 21.1. The molecule has 0 saturated carbocycles. The lowest BCUT2D eigenvalue weighted by atomic mass is 9.90. The maximum Gasteiger partial charge on any atom is 0.251 e. The first-order valence-electron chi connectivity index (χ1n) is 10.0. The van der Waals surface area contributed by atoms with Crippen LogP contribution in [-0.4, -0.2) is 16.9 Å². The van der Waals surface area contributed by atoms with Crippen molar-refractivity contribution in [3.8, 4) is 5.75 Å². The highest BCUT2D eigenvalue weighted by atomic mass is 35.5. The summed E-state index contributed by atoms with van der Waals surface area (Å²) in [6.07, 6.45) is 2.36. The second-order valence-electron chi connectivity index (χ2n) is 7.59. The molecule has 1 unspecified atom stereocenters. The Balaban J connectivity index is 1.44. The molecule has 1 aliphatic rings. The van der Waals surface area contributed by atoms with Gasteiger partial charge in [-0.15, -0.1) is 0 Å². The first kappa shape index (κ1) is 20.2. The molecule has 1 atom stereocenters. The van der Waals surface area contributed by atoms with Gasteiger partial charge in [-0.25, -0.2) is 0 Å². The lowest BCUT2D eigenvalue weighted by Crippen LogP contribution is -2.39. The van der Waals surface area contributed by atoms with Crippen molar-refractivity contribution in [1.29, 1.82) is 0 Å². The van der Waals surface area contributed by atoms with Gasteiger partial charge in [0.1, 0.15) is 12.4 Å². The topological polar surface area (TPSA) is 77.2 Å². The number of nitrogens with zero attached hydrogens (tertiary/aromatic N) is 1. The van der Waals surface area contributed by atoms with E-state index in [9.17, 15) is 4.79 Å². The number of benzene rings is 2. The van der Waals surface area contributed by atoms with Gasteiger partial charge in [0, 0.05) is 39.3 Å². The number of hydrogen-bond acceptors (Lipinski definition) is 4. The number of fused-ring (bicyclic) bond motifs is 1. The Morgan fingerprint density at radius 3 is 2.80 bits per heavy atom. The van der Waals surface area contributed by atoms with Crippen LogP contribution in [0.3, 0.4) is 0 Å². The first-order valence-corrected chi connectivity index (χ1v) is 10.4. The van der Waals surface area contributed by atoms with E-state index in [2.05, 4.69) is 10.3 Å². The number of hydrogen-bond donors (Lipinski definition) is 2. The SMILES string of the molecule is Cc1cc(N)c2c(n1)CCC(NC(=O)c1ccccc1COc1ccc(Cl)cc1)C2. The standard InChI is InChI=1S/C24H24ClN3O2/c1-15-12-22(26)21-13-18(8-11-23(21)27-15)28-24(29)20-5-3-2-4-16(20)14-30-19-9-6-17(25)7-10-19/h2-7,9-10,12,18H,8,11,13-14H2,1H3,(H2,26,27)(H,28,29). The molecule has 6 heteroatoms. The number of anilines is 1. The molecule has 0 saturated heterocycles. The van der Waals surface area contributed by atoms with Crippen LogP contribution in [0.4, 0.5) is 5.69 Å². The number of nitrogens with two attached hydrogens (primary N) is 1. The van der Waals surface area contributed by atoms with Gasteiger partial charge in [-0.3, -0.25) is 9.78 Å². The predicted octanol–water partition coefficient (Wildman–Crippen LogP) is 4.49. The number of nitrogens with one attached hydrogen (secondary N) is 1. The average molecular weight is 422 g/mol. The quantitative estimate of drug-likeness (QED) is 0.636. The van der Waals surface area contributed by atoms with E-state index in [0.717, 1.165) is 41.0 Å². The van der Waals surface area contributed by atoms with Crippen LogP contribution in [0.2, 0.25) is 5.02 Å². The van der Waals surface area contributed by atoms with E-state index in [1.165, 1.54) is 0 Å². The fraction of sp³-hybridized carbons (Fsp3) is 0.250. The Kier molecular flexibility index (Phi) is 5.91. The average Bonchev–Trinajstić information content (AvgIpc) is 2.74. The minimum Gasteiger partial charge on any atom is -0.489 e. The summed E-state index contributed by atoms with van der Waals surface area (Å²) in [5.74, 6) is 0.606. The Morgan fingerprint density at radius 2 is 2.00 bits per heavy atom. The van der Waals surface area contributed by atoms with Crippen LogP contribution >= 0.6 is 11.6 Å². The summed E-state index contributed by atoms with van der Waals surface area (Å²) in [4.78, 5) is 17.6. The van der Waals surface area contributed by atoms with E-state index >= 15 is 0 Å². The van der Waals surface area contributed by atoms with Gasteiger partial charge in [-0.2, -0.15) is 0 Å². The number of halogens is 1. The zero-order valence-electron chi connectivity index (χ0n) is 16.8. The molecule has 30 heavy (non-hydrogen) atoms. The van der Waals surface area contributed by atoms with E-state index < -0.39 is 0 Å². The van der Waals surface area contributed by atoms with Gasteiger partial charge in [-0.05, 0) is 68.1 Å². The lowest BCUT2D eigenvalue weighted by molar-refractivity contribution is 0.0931. The summed E-state index contributed by atoms with van der Waals surface area (Å²) in [5.41, 5.74) is 11.4. The highest BCUT2D eigenvalue weighted by Gasteiger charge is 2.24. The maximum absolute atomic E-state index is 13.0. The summed E-state index contributed by atoms with van der Waals surface area (Å²) in [6.45, 7) is 2.25. The van der Waals surface area contributed by atoms with Crippen LogP contribution in [0.5, 0.6) is 5.75 Å². The summed E-state index contributed by atoms with van der Waals surface area (Å²) in [5, 5.41) is 3.82. The maximum atomic E-state index is 13.0. The van der Waals surface area contributed by atoms with Gasteiger partial charge in [0.15, 0.2) is 0 Å². The van der Waals surface area contributed by atoms with E-state index in [1.807, 2.05) is 49.4 Å². The molecule has 1 amide bonds.